The maximum atomic E-state index is 10.2. The molecule has 0 radical (unpaired) electrons. The van der Waals surface area contributed by atoms with E-state index in [0.29, 0.717) is 19.8 Å². The van der Waals surface area contributed by atoms with Crippen LogP contribution in [0.4, 0.5) is 5.13 Å². The van der Waals surface area contributed by atoms with E-state index in [0.717, 1.165) is 42.6 Å². The second-order valence-electron chi connectivity index (χ2n) is 6.21. The Morgan fingerprint density at radius 2 is 1.96 bits per heavy atom. The molecule has 0 saturated carbocycles. The predicted octanol–water partition coefficient (Wildman–Crippen LogP) is 2.15. The van der Waals surface area contributed by atoms with Gasteiger partial charge >= 0.3 is 0 Å². The van der Waals surface area contributed by atoms with E-state index in [1.807, 2.05) is 37.3 Å². The fourth-order valence-electron chi connectivity index (χ4n) is 2.85. The highest BCUT2D eigenvalue weighted by molar-refractivity contribution is 7.13. The monoisotopic (exact) mass is 347 g/mol. The second-order valence-corrected chi connectivity index (χ2v) is 7.05. The van der Waals surface area contributed by atoms with Gasteiger partial charge in [0.25, 0.3) is 0 Å². The van der Waals surface area contributed by atoms with Crippen molar-refractivity contribution in [3.8, 4) is 0 Å². The van der Waals surface area contributed by atoms with Crippen LogP contribution in [-0.2, 0) is 11.3 Å². The quantitative estimate of drug-likeness (QED) is 0.832. The van der Waals surface area contributed by atoms with E-state index < -0.39 is 6.10 Å². The Morgan fingerprint density at radius 3 is 2.62 bits per heavy atom. The van der Waals surface area contributed by atoms with Crippen LogP contribution < -0.4 is 4.90 Å². The fraction of sp³-hybridized carbons (Fsp3) is 0.500. The molecule has 1 aromatic carbocycles. The molecule has 1 aliphatic rings. The van der Waals surface area contributed by atoms with Crippen molar-refractivity contribution in [1.82, 2.24) is 9.88 Å². The van der Waals surface area contributed by atoms with Crippen LogP contribution in [0.1, 0.15) is 11.3 Å². The molecule has 2 aromatic rings. The Balaban J connectivity index is 1.35. The molecule has 1 saturated heterocycles. The standard InChI is InChI=1S/C18H25N3O2S/c1-15-14-24-18(19-15)21-9-7-20(8-10-21)11-17(22)13-23-12-16-5-3-2-4-6-16/h2-6,14,17,22H,7-13H2,1H3. The van der Waals surface area contributed by atoms with E-state index in [2.05, 4.69) is 20.2 Å². The van der Waals surface area contributed by atoms with E-state index in [9.17, 15) is 5.11 Å². The molecule has 1 atom stereocenters. The summed E-state index contributed by atoms with van der Waals surface area (Å²) in [5.41, 5.74) is 2.22. The molecular weight excluding hydrogens is 322 g/mol. The summed E-state index contributed by atoms with van der Waals surface area (Å²) in [4.78, 5) is 9.17. The number of hydrogen-bond acceptors (Lipinski definition) is 6. The number of benzene rings is 1. The van der Waals surface area contributed by atoms with Gasteiger partial charge in [-0.3, -0.25) is 4.90 Å². The Hall–Kier alpha value is -1.47. The first-order chi connectivity index (χ1) is 11.7. The van der Waals surface area contributed by atoms with E-state index >= 15 is 0 Å². The van der Waals surface area contributed by atoms with Gasteiger partial charge in [0.05, 0.1) is 25.0 Å². The molecule has 1 N–H and O–H groups in total. The van der Waals surface area contributed by atoms with Gasteiger partial charge in [-0.15, -0.1) is 11.3 Å². The molecule has 2 heterocycles. The Kier molecular flexibility index (Phi) is 6.20. The average Bonchev–Trinajstić information content (AvgIpc) is 3.03. The van der Waals surface area contributed by atoms with Gasteiger partial charge in [-0.1, -0.05) is 30.3 Å². The molecule has 3 rings (SSSR count). The molecule has 5 nitrogen and oxygen atoms in total. The van der Waals surface area contributed by atoms with Gasteiger partial charge in [-0.25, -0.2) is 4.98 Å². The van der Waals surface area contributed by atoms with E-state index in [1.165, 1.54) is 0 Å². The van der Waals surface area contributed by atoms with Gasteiger partial charge in [-0.05, 0) is 12.5 Å². The molecule has 1 aliphatic heterocycles. The van der Waals surface area contributed by atoms with Crippen LogP contribution in [-0.4, -0.2) is 60.4 Å². The van der Waals surface area contributed by atoms with Crippen molar-refractivity contribution < 1.29 is 9.84 Å². The van der Waals surface area contributed by atoms with Gasteiger partial charge in [0.15, 0.2) is 5.13 Å². The minimum atomic E-state index is -0.442. The van der Waals surface area contributed by atoms with Crippen molar-refractivity contribution in [2.75, 3.05) is 44.2 Å². The van der Waals surface area contributed by atoms with Crippen LogP contribution in [0.2, 0.25) is 0 Å². The largest absolute Gasteiger partial charge is 0.389 e. The molecular formula is C18H25N3O2S. The molecule has 1 aromatic heterocycles. The summed E-state index contributed by atoms with van der Waals surface area (Å²) in [5.74, 6) is 0. The molecule has 1 fully saturated rings. The third-order valence-electron chi connectivity index (χ3n) is 4.14. The zero-order valence-corrected chi connectivity index (χ0v) is 14.9. The van der Waals surface area contributed by atoms with Gasteiger partial charge in [0.1, 0.15) is 0 Å². The number of rotatable bonds is 7. The lowest BCUT2D eigenvalue weighted by molar-refractivity contribution is 0.00914. The van der Waals surface area contributed by atoms with Crippen LogP contribution in [0.5, 0.6) is 0 Å². The van der Waals surface area contributed by atoms with Crippen molar-refractivity contribution in [3.05, 3.63) is 47.0 Å². The third kappa shape index (κ3) is 5.01. The molecule has 24 heavy (non-hydrogen) atoms. The predicted molar refractivity (Wildman–Crippen MR) is 97.6 cm³/mol. The molecule has 0 amide bonds. The van der Waals surface area contributed by atoms with Gasteiger partial charge < -0.3 is 14.7 Å². The maximum absolute atomic E-state index is 10.2. The smallest absolute Gasteiger partial charge is 0.185 e. The number of β-amino-alcohol motifs (C(OH)–C–C–N with tert-alkyl or cyclic N) is 1. The molecule has 0 spiro atoms. The van der Waals surface area contributed by atoms with Crippen LogP contribution in [0.25, 0.3) is 0 Å². The highest BCUT2D eigenvalue weighted by Gasteiger charge is 2.21. The van der Waals surface area contributed by atoms with Crippen LogP contribution in [0.15, 0.2) is 35.7 Å². The Bertz CT molecular complexity index is 612. The normalized spacial score (nSPS) is 17.2. The Morgan fingerprint density at radius 1 is 1.21 bits per heavy atom. The first kappa shape index (κ1) is 17.4. The zero-order valence-electron chi connectivity index (χ0n) is 14.1. The molecule has 130 valence electrons. The van der Waals surface area contributed by atoms with E-state index in [4.69, 9.17) is 4.74 Å². The number of piperazine rings is 1. The van der Waals surface area contributed by atoms with Gasteiger partial charge in [-0.2, -0.15) is 0 Å². The lowest BCUT2D eigenvalue weighted by Gasteiger charge is -2.35. The summed E-state index contributed by atoms with van der Waals surface area (Å²) in [6.45, 7) is 7.45. The van der Waals surface area contributed by atoms with Gasteiger partial charge in [0, 0.05) is 38.1 Å². The highest BCUT2D eigenvalue weighted by Crippen LogP contribution is 2.21. The number of aryl methyl sites for hydroxylation is 1. The molecule has 0 bridgehead atoms. The number of aliphatic hydroxyl groups excluding tert-OH is 1. The molecule has 1 unspecified atom stereocenters. The number of thiazole rings is 1. The van der Waals surface area contributed by atoms with Crippen molar-refractivity contribution in [2.45, 2.75) is 19.6 Å². The second kappa shape index (κ2) is 8.58. The SMILES string of the molecule is Cc1csc(N2CCN(CC(O)COCc3ccccc3)CC2)n1. The minimum Gasteiger partial charge on any atom is -0.389 e. The summed E-state index contributed by atoms with van der Waals surface area (Å²) in [6.07, 6.45) is -0.442. The summed E-state index contributed by atoms with van der Waals surface area (Å²) in [6, 6.07) is 10.1. The van der Waals surface area contributed by atoms with Crippen LogP contribution in [0, 0.1) is 6.92 Å². The number of hydrogen-bond donors (Lipinski definition) is 1. The first-order valence-electron chi connectivity index (χ1n) is 8.40. The Labute approximate surface area is 147 Å². The van der Waals surface area contributed by atoms with E-state index in [1.54, 1.807) is 11.3 Å². The summed E-state index contributed by atoms with van der Waals surface area (Å²) in [5, 5.41) is 13.4. The summed E-state index contributed by atoms with van der Waals surface area (Å²) < 4.78 is 5.62. The third-order valence-corrected chi connectivity index (χ3v) is 5.16. The lowest BCUT2D eigenvalue weighted by Crippen LogP contribution is -2.49. The van der Waals surface area contributed by atoms with Crippen molar-refractivity contribution in [2.24, 2.45) is 0 Å². The van der Waals surface area contributed by atoms with Gasteiger partial charge in [0.2, 0.25) is 0 Å². The van der Waals surface area contributed by atoms with E-state index in [-0.39, 0.29) is 0 Å². The lowest BCUT2D eigenvalue weighted by atomic mass is 10.2. The average molecular weight is 347 g/mol. The van der Waals surface area contributed by atoms with Crippen LogP contribution >= 0.6 is 11.3 Å². The summed E-state index contributed by atoms with van der Waals surface area (Å²) in [7, 11) is 0. The number of aliphatic hydroxyl groups is 1. The zero-order chi connectivity index (χ0) is 16.8. The van der Waals surface area contributed by atoms with Crippen molar-refractivity contribution in [3.63, 3.8) is 0 Å². The van der Waals surface area contributed by atoms with Crippen molar-refractivity contribution in [1.29, 1.82) is 0 Å². The van der Waals surface area contributed by atoms with Crippen molar-refractivity contribution >= 4 is 16.5 Å². The number of aromatic nitrogens is 1. The number of ether oxygens (including phenoxy) is 1. The molecule has 6 heteroatoms. The number of nitrogens with zero attached hydrogens (tertiary/aromatic N) is 3. The first-order valence-corrected chi connectivity index (χ1v) is 9.28. The summed E-state index contributed by atoms with van der Waals surface area (Å²) >= 11 is 1.71. The highest BCUT2D eigenvalue weighted by atomic mass is 32.1. The molecule has 0 aliphatic carbocycles. The maximum Gasteiger partial charge on any atom is 0.185 e. The minimum absolute atomic E-state index is 0.376. The number of anilines is 1. The topological polar surface area (TPSA) is 48.8 Å². The van der Waals surface area contributed by atoms with Crippen LogP contribution in [0.3, 0.4) is 0 Å². The fourth-order valence-corrected chi connectivity index (χ4v) is 3.70.